The Morgan fingerprint density at radius 2 is 2.25 bits per heavy atom. The smallest absolute Gasteiger partial charge is 0.0992 e. The van der Waals surface area contributed by atoms with Crippen LogP contribution in [0.5, 0.6) is 0 Å². The molecule has 0 spiro atoms. The van der Waals surface area contributed by atoms with Gasteiger partial charge in [-0.3, -0.25) is 0 Å². The van der Waals surface area contributed by atoms with E-state index in [1.165, 1.54) is 25.7 Å². The third-order valence-corrected chi connectivity index (χ3v) is 3.30. The molecular weight excluding hydrogens is 196 g/mol. The molecule has 0 amide bonds. The Bertz CT molecular complexity index is 392. The minimum atomic E-state index is 0.581. The van der Waals surface area contributed by atoms with Gasteiger partial charge in [0.25, 0.3) is 0 Å². The summed E-state index contributed by atoms with van der Waals surface area (Å²) < 4.78 is 0. The predicted octanol–water partition coefficient (Wildman–Crippen LogP) is 3.55. The van der Waals surface area contributed by atoms with E-state index in [9.17, 15) is 0 Å². The van der Waals surface area contributed by atoms with Crippen LogP contribution in [0.2, 0.25) is 0 Å². The Balaban J connectivity index is 2.00. The van der Waals surface area contributed by atoms with Crippen molar-refractivity contribution in [3.8, 4) is 6.07 Å². The Hall–Kier alpha value is -1.49. The summed E-state index contributed by atoms with van der Waals surface area (Å²) >= 11 is 0. The monoisotopic (exact) mass is 214 g/mol. The summed E-state index contributed by atoms with van der Waals surface area (Å²) in [6.45, 7) is 2.32. The maximum atomic E-state index is 8.83. The Morgan fingerprint density at radius 1 is 1.38 bits per heavy atom. The van der Waals surface area contributed by atoms with Gasteiger partial charge in [-0.25, -0.2) is 0 Å². The Labute approximate surface area is 97.3 Å². The molecule has 84 valence electrons. The fourth-order valence-electron chi connectivity index (χ4n) is 2.48. The topological polar surface area (TPSA) is 35.8 Å². The summed E-state index contributed by atoms with van der Waals surface area (Å²) in [4.78, 5) is 0. The second-order valence-electron chi connectivity index (χ2n) is 4.81. The van der Waals surface area contributed by atoms with Gasteiger partial charge >= 0.3 is 0 Å². The summed E-state index contributed by atoms with van der Waals surface area (Å²) in [5.74, 6) is 0.824. The first kappa shape index (κ1) is 11.0. The molecule has 2 nitrogen and oxygen atoms in total. The molecule has 1 aromatic carbocycles. The number of hydrogen-bond acceptors (Lipinski definition) is 2. The second-order valence-corrected chi connectivity index (χ2v) is 4.81. The molecule has 1 aromatic rings. The Morgan fingerprint density at radius 3 is 3.00 bits per heavy atom. The number of nitrogens with zero attached hydrogens (tertiary/aromatic N) is 1. The first-order valence-corrected chi connectivity index (χ1v) is 6.04. The first-order valence-electron chi connectivity index (χ1n) is 6.04. The fraction of sp³-hybridized carbons (Fsp3) is 0.500. The number of nitrogens with one attached hydrogen (secondary N) is 1. The molecule has 1 N–H and O–H groups in total. The van der Waals surface area contributed by atoms with Crippen molar-refractivity contribution in [2.45, 2.75) is 38.6 Å². The van der Waals surface area contributed by atoms with Crippen LogP contribution in [-0.2, 0) is 0 Å². The largest absolute Gasteiger partial charge is 0.382 e. The molecule has 1 fully saturated rings. The van der Waals surface area contributed by atoms with Gasteiger partial charge in [0.15, 0.2) is 0 Å². The summed E-state index contributed by atoms with van der Waals surface area (Å²) in [5, 5.41) is 12.4. The van der Waals surface area contributed by atoms with Gasteiger partial charge in [-0.05, 0) is 37.0 Å². The highest BCUT2D eigenvalue weighted by Gasteiger charge is 2.18. The molecule has 0 heterocycles. The highest BCUT2D eigenvalue weighted by molar-refractivity contribution is 5.49. The molecule has 0 radical (unpaired) electrons. The molecule has 2 unspecified atom stereocenters. The van der Waals surface area contributed by atoms with E-state index in [2.05, 4.69) is 18.3 Å². The SMILES string of the molecule is CC1CCCC(Nc2cccc(C#N)c2)C1. The molecule has 0 bridgehead atoms. The highest BCUT2D eigenvalue weighted by atomic mass is 14.9. The van der Waals surface area contributed by atoms with E-state index in [1.807, 2.05) is 24.3 Å². The lowest BCUT2D eigenvalue weighted by Crippen LogP contribution is -2.26. The van der Waals surface area contributed by atoms with Crippen molar-refractivity contribution in [1.29, 1.82) is 5.26 Å². The number of benzene rings is 1. The average Bonchev–Trinajstić information content (AvgIpc) is 2.29. The summed E-state index contributed by atoms with van der Waals surface area (Å²) in [5.41, 5.74) is 1.81. The number of rotatable bonds is 2. The Kier molecular flexibility index (Phi) is 3.46. The van der Waals surface area contributed by atoms with Gasteiger partial charge in [-0.2, -0.15) is 5.26 Å². The summed E-state index contributed by atoms with van der Waals surface area (Å²) in [6, 6.07) is 10.5. The number of hydrogen-bond donors (Lipinski definition) is 1. The maximum absolute atomic E-state index is 8.83. The molecule has 16 heavy (non-hydrogen) atoms. The van der Waals surface area contributed by atoms with Gasteiger partial charge < -0.3 is 5.32 Å². The van der Waals surface area contributed by atoms with E-state index >= 15 is 0 Å². The lowest BCUT2D eigenvalue weighted by atomic mass is 9.87. The van der Waals surface area contributed by atoms with E-state index in [0.717, 1.165) is 17.2 Å². The van der Waals surface area contributed by atoms with Crippen molar-refractivity contribution in [3.63, 3.8) is 0 Å². The zero-order valence-electron chi connectivity index (χ0n) is 9.74. The fourth-order valence-corrected chi connectivity index (χ4v) is 2.48. The van der Waals surface area contributed by atoms with E-state index in [1.54, 1.807) is 0 Å². The van der Waals surface area contributed by atoms with Crippen molar-refractivity contribution in [2.24, 2.45) is 5.92 Å². The van der Waals surface area contributed by atoms with Crippen molar-refractivity contribution < 1.29 is 0 Å². The van der Waals surface area contributed by atoms with Crippen LogP contribution < -0.4 is 5.32 Å². The lowest BCUT2D eigenvalue weighted by Gasteiger charge is -2.28. The first-order chi connectivity index (χ1) is 7.78. The standard InChI is InChI=1S/C14H18N2/c1-11-4-2-6-13(8-11)16-14-7-3-5-12(9-14)10-15/h3,5,7,9,11,13,16H,2,4,6,8H2,1H3. The predicted molar refractivity (Wildman–Crippen MR) is 66.2 cm³/mol. The molecule has 1 aliphatic rings. The molecule has 2 heteroatoms. The van der Waals surface area contributed by atoms with Crippen LogP contribution in [0.1, 0.15) is 38.2 Å². The van der Waals surface area contributed by atoms with E-state index in [-0.39, 0.29) is 0 Å². The number of anilines is 1. The van der Waals surface area contributed by atoms with Crippen LogP contribution in [0.25, 0.3) is 0 Å². The van der Waals surface area contributed by atoms with Gasteiger partial charge in [-0.1, -0.05) is 25.8 Å². The third kappa shape index (κ3) is 2.76. The van der Waals surface area contributed by atoms with Gasteiger partial charge in [0.05, 0.1) is 11.6 Å². The van der Waals surface area contributed by atoms with Gasteiger partial charge in [0.2, 0.25) is 0 Å². The minimum Gasteiger partial charge on any atom is -0.382 e. The molecular formula is C14H18N2. The number of nitriles is 1. The maximum Gasteiger partial charge on any atom is 0.0992 e. The quantitative estimate of drug-likeness (QED) is 0.817. The molecule has 2 atom stereocenters. The van der Waals surface area contributed by atoms with Gasteiger partial charge in [0.1, 0.15) is 0 Å². The zero-order valence-corrected chi connectivity index (χ0v) is 9.74. The van der Waals surface area contributed by atoms with Crippen molar-refractivity contribution in [1.82, 2.24) is 0 Å². The van der Waals surface area contributed by atoms with Crippen LogP contribution in [0.4, 0.5) is 5.69 Å². The van der Waals surface area contributed by atoms with Crippen LogP contribution in [-0.4, -0.2) is 6.04 Å². The van der Waals surface area contributed by atoms with Crippen LogP contribution in [0.3, 0.4) is 0 Å². The van der Waals surface area contributed by atoms with Gasteiger partial charge in [0, 0.05) is 11.7 Å². The molecule has 2 rings (SSSR count). The zero-order chi connectivity index (χ0) is 11.4. The summed E-state index contributed by atoms with van der Waals surface area (Å²) in [7, 11) is 0. The average molecular weight is 214 g/mol. The molecule has 1 aliphatic carbocycles. The normalized spacial score (nSPS) is 24.8. The molecule has 1 saturated carbocycles. The van der Waals surface area contributed by atoms with Crippen LogP contribution in [0.15, 0.2) is 24.3 Å². The summed E-state index contributed by atoms with van der Waals surface area (Å²) in [6.07, 6.45) is 5.17. The lowest BCUT2D eigenvalue weighted by molar-refractivity contribution is 0.358. The molecule has 0 aliphatic heterocycles. The van der Waals surface area contributed by atoms with Gasteiger partial charge in [-0.15, -0.1) is 0 Å². The van der Waals surface area contributed by atoms with Crippen molar-refractivity contribution in [3.05, 3.63) is 29.8 Å². The van der Waals surface area contributed by atoms with E-state index < -0.39 is 0 Å². The highest BCUT2D eigenvalue weighted by Crippen LogP contribution is 2.26. The van der Waals surface area contributed by atoms with E-state index in [4.69, 9.17) is 5.26 Å². The van der Waals surface area contributed by atoms with E-state index in [0.29, 0.717) is 6.04 Å². The van der Waals surface area contributed by atoms with Crippen molar-refractivity contribution >= 4 is 5.69 Å². The third-order valence-electron chi connectivity index (χ3n) is 3.30. The van der Waals surface area contributed by atoms with Crippen LogP contribution >= 0.6 is 0 Å². The van der Waals surface area contributed by atoms with Crippen LogP contribution in [0, 0.1) is 17.2 Å². The van der Waals surface area contributed by atoms with Crippen molar-refractivity contribution in [2.75, 3.05) is 5.32 Å². The molecule has 0 aromatic heterocycles. The minimum absolute atomic E-state index is 0.581. The molecule has 0 saturated heterocycles. The second kappa shape index (κ2) is 5.03.